The number of rotatable bonds is 4. The van der Waals surface area contributed by atoms with Crippen molar-refractivity contribution >= 4 is 27.7 Å². The Labute approximate surface area is 145 Å². The van der Waals surface area contributed by atoms with Gasteiger partial charge in [-0.05, 0) is 31.9 Å². The Morgan fingerprint density at radius 2 is 2.12 bits per heavy atom. The Morgan fingerprint density at radius 1 is 1.40 bits per heavy atom. The lowest BCUT2D eigenvalue weighted by molar-refractivity contribution is -0.148. The van der Waals surface area contributed by atoms with Gasteiger partial charge in [-0.1, -0.05) is 12.1 Å². The molecule has 0 bridgehead atoms. The molecule has 2 aliphatic rings. The lowest BCUT2D eigenvalue weighted by Crippen LogP contribution is -2.41. The smallest absolute Gasteiger partial charge is 0.326 e. The Bertz CT molecular complexity index is 849. The number of carbonyl (C=O) groups is 2. The Hall–Kier alpha value is -2.42. The van der Waals surface area contributed by atoms with Crippen LogP contribution in [0.25, 0.3) is 0 Å². The number of carbonyl (C=O) groups excluding carboxylic acids is 1. The van der Waals surface area contributed by atoms with Crippen molar-refractivity contribution in [2.24, 2.45) is 4.99 Å². The second kappa shape index (κ2) is 6.47. The van der Waals surface area contributed by atoms with Gasteiger partial charge in [0.1, 0.15) is 11.9 Å². The molecule has 1 saturated heterocycles. The van der Waals surface area contributed by atoms with E-state index in [0.29, 0.717) is 24.9 Å². The maximum Gasteiger partial charge on any atom is 0.326 e. The molecule has 1 unspecified atom stereocenters. The lowest BCUT2D eigenvalue weighted by atomic mass is 10.1. The van der Waals surface area contributed by atoms with Gasteiger partial charge in [-0.3, -0.25) is 14.5 Å². The fraction of sp³-hybridized carbons (Fsp3) is 0.438. The number of hydrogen-bond donors (Lipinski definition) is 2. The highest BCUT2D eigenvalue weighted by Gasteiger charge is 2.35. The van der Waals surface area contributed by atoms with Gasteiger partial charge in [-0.2, -0.15) is 0 Å². The minimum absolute atomic E-state index is 0.0250. The maximum atomic E-state index is 12.4. The molecule has 0 aromatic heterocycles. The molecule has 0 aliphatic carbocycles. The van der Waals surface area contributed by atoms with Crippen molar-refractivity contribution in [1.29, 1.82) is 0 Å². The zero-order valence-corrected chi connectivity index (χ0v) is 14.5. The van der Waals surface area contributed by atoms with E-state index in [4.69, 9.17) is 5.11 Å². The van der Waals surface area contributed by atoms with Crippen molar-refractivity contribution in [2.45, 2.75) is 43.2 Å². The molecular weight excluding hydrogens is 346 g/mol. The summed E-state index contributed by atoms with van der Waals surface area (Å²) in [6, 6.07) is 5.24. The van der Waals surface area contributed by atoms with Crippen molar-refractivity contribution in [1.82, 2.24) is 9.62 Å². The number of carboxylic acid groups (broad SMARTS) is 1. The number of nitrogens with zero attached hydrogens (tertiary/aromatic N) is 2. The van der Waals surface area contributed by atoms with Crippen LogP contribution in [0, 0.1) is 0 Å². The van der Waals surface area contributed by atoms with E-state index in [-0.39, 0.29) is 23.1 Å². The number of amides is 1. The molecule has 134 valence electrons. The molecule has 3 rings (SSSR count). The molecule has 2 N–H and O–H groups in total. The minimum atomic E-state index is -3.62. The van der Waals surface area contributed by atoms with Gasteiger partial charge in [0, 0.05) is 18.5 Å². The molecule has 1 amide bonds. The monoisotopic (exact) mass is 365 g/mol. The second-order valence-corrected chi connectivity index (χ2v) is 7.87. The third-order valence-corrected chi connectivity index (χ3v) is 5.74. The molecule has 25 heavy (non-hydrogen) atoms. The summed E-state index contributed by atoms with van der Waals surface area (Å²) in [5.41, 5.74) is 0.478. The molecule has 1 aromatic rings. The van der Waals surface area contributed by atoms with E-state index >= 15 is 0 Å². The highest BCUT2D eigenvalue weighted by atomic mass is 32.2. The maximum absolute atomic E-state index is 12.4. The second-order valence-electron chi connectivity index (χ2n) is 6.22. The Balaban J connectivity index is 1.75. The van der Waals surface area contributed by atoms with Gasteiger partial charge in [0.25, 0.3) is 10.0 Å². The van der Waals surface area contributed by atoms with Crippen LogP contribution in [-0.2, 0) is 19.6 Å². The summed E-state index contributed by atoms with van der Waals surface area (Å²) in [6.07, 6.45) is 1.15. The summed E-state index contributed by atoms with van der Waals surface area (Å²) >= 11 is 0. The predicted molar refractivity (Wildman–Crippen MR) is 89.8 cm³/mol. The minimum Gasteiger partial charge on any atom is -0.480 e. The van der Waals surface area contributed by atoms with Crippen molar-refractivity contribution in [3.8, 4) is 0 Å². The van der Waals surface area contributed by atoms with Gasteiger partial charge in [-0.25, -0.2) is 13.2 Å². The molecule has 2 atom stereocenters. The SMILES string of the molecule is CC(CC(=O)N1CCC[C@H]1C(=O)O)N=C1NS(=O)(=O)c2ccccc21. The first-order chi connectivity index (χ1) is 11.8. The van der Waals surface area contributed by atoms with Crippen LogP contribution < -0.4 is 4.72 Å². The predicted octanol–water partition coefficient (Wildman–Crippen LogP) is 0.579. The molecule has 0 saturated carbocycles. The summed E-state index contributed by atoms with van der Waals surface area (Å²) in [7, 11) is -3.62. The number of aliphatic carboxylic acids is 1. The summed E-state index contributed by atoms with van der Waals surface area (Å²) in [5.74, 6) is -1.06. The molecule has 9 heteroatoms. The van der Waals surface area contributed by atoms with Crippen LogP contribution in [0.2, 0.25) is 0 Å². The third kappa shape index (κ3) is 3.37. The average molecular weight is 365 g/mol. The van der Waals surface area contributed by atoms with Crippen LogP contribution in [-0.4, -0.2) is 54.8 Å². The number of sulfonamides is 1. The standard InChI is InChI=1S/C16H19N3O5S/c1-10(9-14(20)19-8-4-6-12(19)16(21)22)17-15-11-5-2-3-7-13(11)25(23,24)18-15/h2-3,5,7,10,12H,4,6,8-9H2,1H3,(H,17,18)(H,21,22)/t10?,12-/m0/s1. The van der Waals surface area contributed by atoms with Gasteiger partial charge in [-0.15, -0.1) is 0 Å². The number of carboxylic acids is 1. The van der Waals surface area contributed by atoms with Crippen molar-refractivity contribution in [3.63, 3.8) is 0 Å². The number of hydrogen-bond acceptors (Lipinski definition) is 5. The topological polar surface area (TPSA) is 116 Å². The number of benzene rings is 1. The zero-order valence-electron chi connectivity index (χ0n) is 13.7. The number of nitrogens with one attached hydrogen (secondary N) is 1. The molecule has 0 radical (unpaired) electrons. The molecule has 2 heterocycles. The van der Waals surface area contributed by atoms with E-state index in [2.05, 4.69) is 9.71 Å². The van der Waals surface area contributed by atoms with Gasteiger partial charge in [0.05, 0.1) is 10.9 Å². The highest BCUT2D eigenvalue weighted by Crippen LogP contribution is 2.23. The van der Waals surface area contributed by atoms with Crippen LogP contribution in [0.1, 0.15) is 31.7 Å². The highest BCUT2D eigenvalue weighted by molar-refractivity contribution is 7.90. The van der Waals surface area contributed by atoms with Gasteiger partial charge < -0.3 is 10.0 Å². The summed E-state index contributed by atoms with van der Waals surface area (Å²) in [6.45, 7) is 2.13. The molecule has 1 aromatic carbocycles. The summed E-state index contributed by atoms with van der Waals surface area (Å²) in [5, 5.41) is 9.17. The van der Waals surface area contributed by atoms with Gasteiger partial charge in [0.15, 0.2) is 0 Å². The normalized spacial score (nSPS) is 24.0. The van der Waals surface area contributed by atoms with Crippen molar-refractivity contribution in [3.05, 3.63) is 29.8 Å². The summed E-state index contributed by atoms with van der Waals surface area (Å²) in [4.78, 5) is 29.4. The van der Waals surface area contributed by atoms with Gasteiger partial charge in [0.2, 0.25) is 5.91 Å². The quantitative estimate of drug-likeness (QED) is 0.810. The summed E-state index contributed by atoms with van der Waals surface area (Å²) < 4.78 is 26.5. The number of fused-ring (bicyclic) bond motifs is 1. The van der Waals surface area contributed by atoms with Crippen LogP contribution in [0.15, 0.2) is 34.2 Å². The molecule has 0 spiro atoms. The van der Waals surface area contributed by atoms with Crippen LogP contribution in [0.5, 0.6) is 0 Å². The van der Waals surface area contributed by atoms with E-state index in [0.717, 1.165) is 0 Å². The van der Waals surface area contributed by atoms with Crippen molar-refractivity contribution < 1.29 is 23.1 Å². The first kappa shape index (κ1) is 17.4. The van der Waals surface area contributed by atoms with E-state index in [1.165, 1.54) is 11.0 Å². The van der Waals surface area contributed by atoms with E-state index in [9.17, 15) is 18.0 Å². The molecule has 1 fully saturated rings. The average Bonchev–Trinajstić information content (AvgIpc) is 3.12. The number of likely N-dealkylation sites (tertiary alicyclic amines) is 1. The Kier molecular flexibility index (Phi) is 4.51. The fourth-order valence-electron chi connectivity index (χ4n) is 3.19. The first-order valence-electron chi connectivity index (χ1n) is 8.02. The van der Waals surface area contributed by atoms with Crippen LogP contribution in [0.3, 0.4) is 0 Å². The number of amidine groups is 1. The van der Waals surface area contributed by atoms with Crippen molar-refractivity contribution in [2.75, 3.05) is 6.54 Å². The zero-order chi connectivity index (χ0) is 18.2. The molecule has 8 nitrogen and oxygen atoms in total. The first-order valence-corrected chi connectivity index (χ1v) is 9.50. The van der Waals surface area contributed by atoms with Crippen LogP contribution >= 0.6 is 0 Å². The Morgan fingerprint density at radius 3 is 2.84 bits per heavy atom. The van der Waals surface area contributed by atoms with E-state index in [1.807, 2.05) is 0 Å². The van der Waals surface area contributed by atoms with E-state index in [1.54, 1.807) is 25.1 Å². The largest absolute Gasteiger partial charge is 0.480 e. The molecular formula is C16H19N3O5S. The van der Waals surface area contributed by atoms with Crippen LogP contribution in [0.4, 0.5) is 0 Å². The lowest BCUT2D eigenvalue weighted by Gasteiger charge is -2.22. The molecule has 2 aliphatic heterocycles. The van der Waals surface area contributed by atoms with Gasteiger partial charge >= 0.3 is 5.97 Å². The van der Waals surface area contributed by atoms with E-state index < -0.39 is 28.1 Å². The third-order valence-electron chi connectivity index (χ3n) is 4.34. The fourth-order valence-corrected chi connectivity index (χ4v) is 4.43. The number of aliphatic imine (C=N–C) groups is 1.